The number of hydrogen-bond donors (Lipinski definition) is 2. The Kier molecular flexibility index (Phi) is 5.48. The fourth-order valence-electron chi connectivity index (χ4n) is 2.98. The van der Waals surface area contributed by atoms with Crippen LogP contribution in [0.5, 0.6) is 5.75 Å². The molecule has 1 fully saturated rings. The lowest BCUT2D eigenvalue weighted by Crippen LogP contribution is -2.36. The lowest BCUT2D eigenvalue weighted by molar-refractivity contribution is -0.122. The van der Waals surface area contributed by atoms with Gasteiger partial charge in [0.2, 0.25) is 5.91 Å². The molecule has 0 heterocycles. The van der Waals surface area contributed by atoms with Crippen molar-refractivity contribution in [3.8, 4) is 5.75 Å². The van der Waals surface area contributed by atoms with E-state index < -0.39 is 0 Å². The third-order valence-corrected chi connectivity index (χ3v) is 4.55. The molecule has 3 N–H and O–H groups in total. The Morgan fingerprint density at radius 1 is 1.29 bits per heavy atom. The summed E-state index contributed by atoms with van der Waals surface area (Å²) in [5, 5.41) is 3.07. The number of nitrogens with two attached hydrogens (primary N) is 1. The number of benzene rings is 1. The molecule has 0 atom stereocenters. The Labute approximate surface area is 127 Å². The third kappa shape index (κ3) is 4.66. The van der Waals surface area contributed by atoms with Gasteiger partial charge in [-0.2, -0.15) is 0 Å². The SMILES string of the molecule is CCC1(CNC(=O)CCOc2ccc(N)cc2)CCCC1. The van der Waals surface area contributed by atoms with E-state index in [1.165, 1.54) is 25.7 Å². The fraction of sp³-hybridized carbons (Fsp3) is 0.588. The molecule has 4 nitrogen and oxygen atoms in total. The number of carbonyl (C=O) groups excluding carboxylic acids is 1. The van der Waals surface area contributed by atoms with Crippen molar-refractivity contribution in [3.05, 3.63) is 24.3 Å². The lowest BCUT2D eigenvalue weighted by atomic mass is 9.83. The van der Waals surface area contributed by atoms with Crippen molar-refractivity contribution in [1.82, 2.24) is 5.32 Å². The molecule has 1 amide bonds. The highest BCUT2D eigenvalue weighted by Crippen LogP contribution is 2.40. The van der Waals surface area contributed by atoms with Gasteiger partial charge in [-0.25, -0.2) is 0 Å². The lowest BCUT2D eigenvalue weighted by Gasteiger charge is -2.27. The van der Waals surface area contributed by atoms with Crippen molar-refractivity contribution < 1.29 is 9.53 Å². The van der Waals surface area contributed by atoms with Gasteiger partial charge in [-0.15, -0.1) is 0 Å². The van der Waals surface area contributed by atoms with E-state index >= 15 is 0 Å². The summed E-state index contributed by atoms with van der Waals surface area (Å²) in [6.07, 6.45) is 6.62. The van der Waals surface area contributed by atoms with E-state index in [-0.39, 0.29) is 5.91 Å². The van der Waals surface area contributed by atoms with Crippen LogP contribution in [-0.2, 0) is 4.79 Å². The quantitative estimate of drug-likeness (QED) is 0.758. The maximum Gasteiger partial charge on any atom is 0.223 e. The van der Waals surface area contributed by atoms with E-state index in [4.69, 9.17) is 10.5 Å². The number of amides is 1. The van der Waals surface area contributed by atoms with E-state index in [1.54, 1.807) is 12.1 Å². The Bertz CT molecular complexity index is 450. The van der Waals surface area contributed by atoms with Gasteiger partial charge in [0.05, 0.1) is 13.0 Å². The summed E-state index contributed by atoms with van der Waals surface area (Å²) in [5.74, 6) is 0.822. The van der Waals surface area contributed by atoms with Crippen LogP contribution in [0.2, 0.25) is 0 Å². The molecule has 1 aliphatic rings. The molecule has 4 heteroatoms. The summed E-state index contributed by atoms with van der Waals surface area (Å²) < 4.78 is 5.54. The minimum atomic E-state index is 0.0742. The maximum atomic E-state index is 11.9. The second-order valence-electron chi connectivity index (χ2n) is 6.00. The van der Waals surface area contributed by atoms with Gasteiger partial charge < -0.3 is 15.8 Å². The summed E-state index contributed by atoms with van der Waals surface area (Å²) >= 11 is 0. The van der Waals surface area contributed by atoms with Crippen LogP contribution in [0.4, 0.5) is 5.69 Å². The highest BCUT2D eigenvalue weighted by Gasteiger charge is 2.31. The first-order valence-corrected chi connectivity index (χ1v) is 7.89. The van der Waals surface area contributed by atoms with Crippen molar-refractivity contribution in [3.63, 3.8) is 0 Å². The molecule has 2 rings (SSSR count). The molecule has 116 valence electrons. The summed E-state index contributed by atoms with van der Waals surface area (Å²) in [5.41, 5.74) is 6.66. The molecule has 0 bridgehead atoms. The average Bonchev–Trinajstić information content (AvgIpc) is 2.97. The molecule has 0 radical (unpaired) electrons. The van der Waals surface area contributed by atoms with E-state index in [9.17, 15) is 4.79 Å². The van der Waals surface area contributed by atoms with Crippen LogP contribution < -0.4 is 15.8 Å². The number of hydrogen-bond acceptors (Lipinski definition) is 3. The first kappa shape index (κ1) is 15.7. The van der Waals surface area contributed by atoms with Crippen LogP contribution in [0.1, 0.15) is 45.4 Å². The molecule has 1 saturated carbocycles. The minimum absolute atomic E-state index is 0.0742. The molecule has 0 aromatic heterocycles. The maximum absolute atomic E-state index is 11.9. The van der Waals surface area contributed by atoms with Crippen LogP contribution in [0.3, 0.4) is 0 Å². The number of nitrogens with one attached hydrogen (secondary N) is 1. The van der Waals surface area contributed by atoms with E-state index in [0.29, 0.717) is 24.1 Å². The number of anilines is 1. The van der Waals surface area contributed by atoms with Crippen molar-refractivity contribution in [2.24, 2.45) is 5.41 Å². The summed E-state index contributed by atoms with van der Waals surface area (Å²) in [4.78, 5) is 11.9. The second-order valence-corrected chi connectivity index (χ2v) is 6.00. The van der Waals surface area contributed by atoms with Gasteiger partial charge >= 0.3 is 0 Å². The monoisotopic (exact) mass is 290 g/mol. The molecule has 0 spiro atoms. The standard InChI is InChI=1S/C17H26N2O2/c1-2-17(10-3-4-11-17)13-19-16(20)9-12-21-15-7-5-14(18)6-8-15/h5-8H,2-4,9-13,18H2,1H3,(H,19,20). The topological polar surface area (TPSA) is 64.3 Å². The molecule has 0 saturated heterocycles. The van der Waals surface area contributed by atoms with Crippen molar-refractivity contribution in [1.29, 1.82) is 0 Å². The summed E-state index contributed by atoms with van der Waals surface area (Å²) in [6, 6.07) is 7.22. The first-order valence-electron chi connectivity index (χ1n) is 7.89. The first-order chi connectivity index (χ1) is 10.1. The van der Waals surface area contributed by atoms with Crippen LogP contribution in [0.25, 0.3) is 0 Å². The highest BCUT2D eigenvalue weighted by molar-refractivity contribution is 5.76. The Morgan fingerprint density at radius 2 is 1.95 bits per heavy atom. The van der Waals surface area contributed by atoms with Gasteiger partial charge in [-0.3, -0.25) is 4.79 Å². The average molecular weight is 290 g/mol. The number of nitrogen functional groups attached to an aromatic ring is 1. The van der Waals surface area contributed by atoms with Crippen LogP contribution in [0, 0.1) is 5.41 Å². The Morgan fingerprint density at radius 3 is 2.57 bits per heavy atom. The smallest absolute Gasteiger partial charge is 0.223 e. The van der Waals surface area contributed by atoms with Crippen molar-refractivity contribution in [2.45, 2.75) is 45.4 Å². The van der Waals surface area contributed by atoms with E-state index in [1.807, 2.05) is 12.1 Å². The van der Waals surface area contributed by atoms with Gasteiger partial charge in [0.15, 0.2) is 0 Å². The summed E-state index contributed by atoms with van der Waals surface area (Å²) in [7, 11) is 0. The molecule has 1 aromatic rings. The number of carbonyl (C=O) groups is 1. The van der Waals surface area contributed by atoms with Gasteiger partial charge in [-0.1, -0.05) is 19.8 Å². The zero-order chi connectivity index (χ0) is 15.1. The molecule has 1 aromatic carbocycles. The minimum Gasteiger partial charge on any atom is -0.493 e. The molecule has 21 heavy (non-hydrogen) atoms. The Balaban J connectivity index is 1.66. The molecule has 1 aliphatic carbocycles. The molecule has 0 aliphatic heterocycles. The third-order valence-electron chi connectivity index (χ3n) is 4.55. The highest BCUT2D eigenvalue weighted by atomic mass is 16.5. The fourth-order valence-corrected chi connectivity index (χ4v) is 2.98. The van der Waals surface area contributed by atoms with Crippen molar-refractivity contribution in [2.75, 3.05) is 18.9 Å². The predicted molar refractivity (Wildman–Crippen MR) is 85.2 cm³/mol. The van der Waals surface area contributed by atoms with Gasteiger partial charge in [0.25, 0.3) is 0 Å². The van der Waals surface area contributed by atoms with E-state index in [2.05, 4.69) is 12.2 Å². The zero-order valence-electron chi connectivity index (χ0n) is 12.9. The Hall–Kier alpha value is -1.71. The number of rotatable bonds is 7. The normalized spacial score (nSPS) is 16.6. The van der Waals surface area contributed by atoms with E-state index in [0.717, 1.165) is 18.7 Å². The second kappa shape index (κ2) is 7.34. The number of ether oxygens (including phenoxy) is 1. The molecule has 0 unspecified atom stereocenters. The largest absolute Gasteiger partial charge is 0.493 e. The van der Waals surface area contributed by atoms with Gasteiger partial charge in [0.1, 0.15) is 5.75 Å². The van der Waals surface area contributed by atoms with Gasteiger partial charge in [0, 0.05) is 12.2 Å². The predicted octanol–water partition coefficient (Wildman–Crippen LogP) is 3.12. The summed E-state index contributed by atoms with van der Waals surface area (Å²) in [6.45, 7) is 3.43. The van der Waals surface area contributed by atoms with Crippen LogP contribution in [-0.4, -0.2) is 19.1 Å². The van der Waals surface area contributed by atoms with Crippen molar-refractivity contribution >= 4 is 11.6 Å². The molecular weight excluding hydrogens is 264 g/mol. The molecular formula is C17H26N2O2. The zero-order valence-corrected chi connectivity index (χ0v) is 12.9. The van der Waals surface area contributed by atoms with Crippen LogP contribution in [0.15, 0.2) is 24.3 Å². The van der Waals surface area contributed by atoms with Gasteiger partial charge in [-0.05, 0) is 48.9 Å². The van der Waals surface area contributed by atoms with Crippen LogP contribution >= 0.6 is 0 Å².